The van der Waals surface area contributed by atoms with Crippen LogP contribution in [0.5, 0.6) is 0 Å². The molecule has 0 fully saturated rings. The van der Waals surface area contributed by atoms with Gasteiger partial charge in [0.05, 0.1) is 11.1 Å². The number of nitrogens with zero attached hydrogens (tertiary/aromatic N) is 1. The summed E-state index contributed by atoms with van der Waals surface area (Å²) < 4.78 is 0. The minimum absolute atomic E-state index is 0.156. The van der Waals surface area contributed by atoms with Crippen LogP contribution < -0.4 is 0 Å². The van der Waals surface area contributed by atoms with Gasteiger partial charge in [-0.3, -0.25) is 14.8 Å². The summed E-state index contributed by atoms with van der Waals surface area (Å²) in [4.78, 5) is 22.7. The fraction of sp³-hybridized carbons (Fsp3) is 0.200. The summed E-state index contributed by atoms with van der Waals surface area (Å²) in [6.45, 7) is 3.71. The van der Waals surface area contributed by atoms with Gasteiger partial charge in [-0.1, -0.05) is 0 Å². The summed E-state index contributed by atoms with van der Waals surface area (Å²) in [6.07, 6.45) is 0. The second-order valence-electron chi connectivity index (χ2n) is 3.40. The van der Waals surface area contributed by atoms with Gasteiger partial charge in [0.25, 0.3) is 11.8 Å². The molecular weight excluding hydrogens is 182 g/mol. The Kier molecular flexibility index (Phi) is 1.69. The quantitative estimate of drug-likeness (QED) is 0.496. The van der Waals surface area contributed by atoms with Crippen LogP contribution in [0.15, 0.2) is 12.1 Å². The van der Waals surface area contributed by atoms with E-state index in [4.69, 9.17) is 5.21 Å². The molecule has 0 aromatic heterocycles. The number of hydroxylamine groups is 2. The highest BCUT2D eigenvalue weighted by atomic mass is 16.5. The van der Waals surface area contributed by atoms with Gasteiger partial charge in [0.2, 0.25) is 0 Å². The van der Waals surface area contributed by atoms with E-state index >= 15 is 0 Å². The summed E-state index contributed by atoms with van der Waals surface area (Å²) in [5.74, 6) is -1.29. The number of fused-ring (bicyclic) bond motifs is 1. The second kappa shape index (κ2) is 2.65. The number of benzene rings is 1. The van der Waals surface area contributed by atoms with Crippen LogP contribution in [0.3, 0.4) is 0 Å². The predicted molar refractivity (Wildman–Crippen MR) is 48.2 cm³/mol. The lowest BCUT2D eigenvalue weighted by atomic mass is 10.0. The van der Waals surface area contributed by atoms with Crippen LogP contribution in [-0.2, 0) is 0 Å². The minimum atomic E-state index is -0.645. The van der Waals surface area contributed by atoms with Gasteiger partial charge in [-0.2, -0.15) is 0 Å². The van der Waals surface area contributed by atoms with E-state index in [1.807, 2.05) is 13.8 Å². The van der Waals surface area contributed by atoms with Crippen molar-refractivity contribution in [1.82, 2.24) is 5.06 Å². The molecule has 72 valence electrons. The van der Waals surface area contributed by atoms with Crippen LogP contribution in [0.4, 0.5) is 0 Å². The molecule has 0 bridgehead atoms. The molecule has 0 atom stereocenters. The van der Waals surface area contributed by atoms with Gasteiger partial charge in [0.1, 0.15) is 0 Å². The first kappa shape index (κ1) is 8.90. The number of hydrogen-bond donors (Lipinski definition) is 1. The maximum absolute atomic E-state index is 11.3. The molecule has 1 heterocycles. The SMILES string of the molecule is Cc1cc2c(cc1C)C(=O)N(O)C2=O. The standard InChI is InChI=1S/C10H9NO3/c1-5-3-7-8(4-6(5)2)10(13)11(14)9(7)12/h3-4,14H,1-2H3. The summed E-state index contributed by atoms with van der Waals surface area (Å²) in [7, 11) is 0. The van der Waals surface area contributed by atoms with Crippen molar-refractivity contribution in [2.45, 2.75) is 13.8 Å². The van der Waals surface area contributed by atoms with Crippen LogP contribution >= 0.6 is 0 Å². The summed E-state index contributed by atoms with van der Waals surface area (Å²) >= 11 is 0. The normalized spacial score (nSPS) is 14.9. The first-order valence-electron chi connectivity index (χ1n) is 4.21. The van der Waals surface area contributed by atoms with E-state index < -0.39 is 11.8 Å². The molecule has 4 heteroatoms. The molecule has 2 amide bonds. The van der Waals surface area contributed by atoms with E-state index in [1.54, 1.807) is 12.1 Å². The lowest BCUT2D eigenvalue weighted by molar-refractivity contribution is -0.0327. The molecule has 1 aromatic rings. The molecule has 0 aliphatic carbocycles. The second-order valence-corrected chi connectivity index (χ2v) is 3.40. The van der Waals surface area contributed by atoms with Crippen molar-refractivity contribution in [1.29, 1.82) is 0 Å². The lowest BCUT2D eigenvalue weighted by Crippen LogP contribution is -2.25. The third-order valence-corrected chi connectivity index (χ3v) is 2.48. The molecule has 1 aliphatic heterocycles. The molecule has 1 aliphatic rings. The Bertz CT molecular complexity index is 410. The number of hydrogen-bond acceptors (Lipinski definition) is 3. The molecule has 0 saturated carbocycles. The Balaban J connectivity index is 2.71. The van der Waals surface area contributed by atoms with Crippen molar-refractivity contribution in [3.63, 3.8) is 0 Å². The first-order chi connectivity index (χ1) is 6.52. The van der Waals surface area contributed by atoms with Crippen LogP contribution in [0, 0.1) is 13.8 Å². The Morgan fingerprint density at radius 1 is 1.00 bits per heavy atom. The fourth-order valence-electron chi connectivity index (χ4n) is 1.49. The third kappa shape index (κ3) is 0.975. The summed E-state index contributed by atoms with van der Waals surface area (Å²) in [5.41, 5.74) is 2.42. The lowest BCUT2D eigenvalue weighted by Gasteiger charge is -2.00. The van der Waals surface area contributed by atoms with Gasteiger partial charge in [-0.15, -0.1) is 5.06 Å². The number of amides is 2. The highest BCUT2D eigenvalue weighted by molar-refractivity contribution is 6.20. The zero-order valence-corrected chi connectivity index (χ0v) is 7.87. The Hall–Kier alpha value is -1.68. The van der Waals surface area contributed by atoms with Crippen LogP contribution in [0.2, 0.25) is 0 Å². The van der Waals surface area contributed by atoms with E-state index in [-0.39, 0.29) is 16.2 Å². The molecule has 0 saturated heterocycles. The average Bonchev–Trinajstić information content (AvgIpc) is 2.34. The Labute approximate surface area is 80.7 Å². The number of carbonyl (C=O) groups excluding carboxylic acids is 2. The monoisotopic (exact) mass is 191 g/mol. The van der Waals surface area contributed by atoms with Gasteiger partial charge in [0.15, 0.2) is 0 Å². The summed E-state index contributed by atoms with van der Waals surface area (Å²) in [6, 6.07) is 3.25. The zero-order valence-electron chi connectivity index (χ0n) is 7.87. The molecule has 4 nitrogen and oxygen atoms in total. The van der Waals surface area contributed by atoms with Crippen LogP contribution in [-0.4, -0.2) is 22.1 Å². The minimum Gasteiger partial charge on any atom is -0.278 e. The number of imide groups is 1. The van der Waals surface area contributed by atoms with E-state index in [2.05, 4.69) is 0 Å². The van der Waals surface area contributed by atoms with Crippen LogP contribution in [0.1, 0.15) is 31.8 Å². The van der Waals surface area contributed by atoms with Crippen molar-refractivity contribution in [3.05, 3.63) is 34.4 Å². The maximum Gasteiger partial charge on any atom is 0.285 e. The van der Waals surface area contributed by atoms with Crippen molar-refractivity contribution in [2.24, 2.45) is 0 Å². The molecule has 14 heavy (non-hydrogen) atoms. The highest BCUT2D eigenvalue weighted by Gasteiger charge is 2.35. The van der Waals surface area contributed by atoms with Gasteiger partial charge in [0, 0.05) is 0 Å². The van der Waals surface area contributed by atoms with Crippen molar-refractivity contribution < 1.29 is 14.8 Å². The molecule has 0 unspecified atom stereocenters. The Morgan fingerprint density at radius 3 is 1.71 bits per heavy atom. The maximum atomic E-state index is 11.3. The molecule has 0 spiro atoms. The number of aryl methyl sites for hydroxylation is 2. The summed E-state index contributed by atoms with van der Waals surface area (Å²) in [5, 5.41) is 9.26. The molecule has 0 radical (unpaired) electrons. The van der Waals surface area contributed by atoms with Gasteiger partial charge < -0.3 is 0 Å². The van der Waals surface area contributed by atoms with Gasteiger partial charge in [-0.25, -0.2) is 0 Å². The van der Waals surface area contributed by atoms with E-state index in [0.717, 1.165) is 11.1 Å². The van der Waals surface area contributed by atoms with Crippen molar-refractivity contribution in [2.75, 3.05) is 0 Å². The molecular formula is C10H9NO3. The molecule has 1 aromatic carbocycles. The molecule has 2 rings (SSSR count). The predicted octanol–water partition coefficient (Wildman–Crippen LogP) is 1.29. The van der Waals surface area contributed by atoms with Gasteiger partial charge >= 0.3 is 0 Å². The van der Waals surface area contributed by atoms with E-state index in [9.17, 15) is 9.59 Å². The average molecular weight is 191 g/mol. The Morgan fingerprint density at radius 2 is 1.36 bits per heavy atom. The highest BCUT2D eigenvalue weighted by Crippen LogP contribution is 2.24. The van der Waals surface area contributed by atoms with Crippen LogP contribution in [0.25, 0.3) is 0 Å². The smallest absolute Gasteiger partial charge is 0.278 e. The first-order valence-corrected chi connectivity index (χ1v) is 4.21. The zero-order chi connectivity index (χ0) is 10.5. The van der Waals surface area contributed by atoms with E-state index in [0.29, 0.717) is 0 Å². The van der Waals surface area contributed by atoms with Crippen molar-refractivity contribution in [3.8, 4) is 0 Å². The third-order valence-electron chi connectivity index (χ3n) is 2.48. The largest absolute Gasteiger partial charge is 0.285 e. The number of rotatable bonds is 0. The number of carbonyl (C=O) groups is 2. The topological polar surface area (TPSA) is 57.6 Å². The fourth-order valence-corrected chi connectivity index (χ4v) is 1.49. The van der Waals surface area contributed by atoms with E-state index in [1.165, 1.54) is 0 Å². The van der Waals surface area contributed by atoms with Gasteiger partial charge in [-0.05, 0) is 37.1 Å². The molecule has 1 N–H and O–H groups in total. The van der Waals surface area contributed by atoms with Crippen molar-refractivity contribution >= 4 is 11.8 Å².